The molecular formula is C38H48N4OS2. The average molecular weight is 641 g/mol. The molecule has 7 heteroatoms. The fourth-order valence-corrected chi connectivity index (χ4v) is 6.32. The van der Waals surface area contributed by atoms with Crippen LogP contribution in [0.4, 0.5) is 11.4 Å². The second-order valence-corrected chi connectivity index (χ2v) is 15.1. The van der Waals surface area contributed by atoms with Crippen molar-refractivity contribution in [2.45, 2.75) is 55.4 Å². The summed E-state index contributed by atoms with van der Waals surface area (Å²) < 4.78 is 11.9. The molecule has 0 bridgehead atoms. The molecule has 0 amide bonds. The number of nitrogens with one attached hydrogen (secondary N) is 2. The minimum Gasteiger partial charge on any atom is -0.277 e. The number of thioether (sulfide) groups is 1. The lowest BCUT2D eigenvalue weighted by Gasteiger charge is -2.20. The van der Waals surface area contributed by atoms with Crippen LogP contribution in [0.1, 0.15) is 52.7 Å². The normalized spacial score (nSPS) is 13.0. The summed E-state index contributed by atoms with van der Waals surface area (Å²) in [7, 11) is -1.11. The van der Waals surface area contributed by atoms with Gasteiger partial charge in [-0.1, -0.05) is 138 Å². The number of benzene rings is 4. The third-order valence-electron chi connectivity index (χ3n) is 6.88. The number of aryl methyl sites for hydroxylation is 2. The van der Waals surface area contributed by atoms with E-state index in [4.69, 9.17) is 0 Å². The summed E-state index contributed by atoms with van der Waals surface area (Å²) in [6, 6.07) is 33.3. The van der Waals surface area contributed by atoms with Gasteiger partial charge in [0.2, 0.25) is 0 Å². The second-order valence-electron chi connectivity index (χ2n) is 13.0. The number of nitrogens with zero attached hydrogens (tertiary/aromatic N) is 2. The van der Waals surface area contributed by atoms with Gasteiger partial charge in [-0.15, -0.1) is 11.8 Å². The highest BCUT2D eigenvalue weighted by Crippen LogP contribution is 2.30. The van der Waals surface area contributed by atoms with Gasteiger partial charge in [-0.05, 0) is 43.4 Å². The van der Waals surface area contributed by atoms with Crippen LogP contribution in [0.3, 0.4) is 0 Å². The Morgan fingerprint density at radius 3 is 1.38 bits per heavy atom. The van der Waals surface area contributed by atoms with E-state index in [1.165, 1.54) is 22.3 Å². The van der Waals surface area contributed by atoms with Crippen LogP contribution in [-0.2, 0) is 10.8 Å². The molecule has 0 heterocycles. The predicted octanol–water partition coefficient (Wildman–Crippen LogP) is 10.6. The quantitative estimate of drug-likeness (QED) is 0.125. The molecular weight excluding hydrogens is 593 g/mol. The van der Waals surface area contributed by atoms with Crippen LogP contribution < -0.4 is 10.9 Å². The highest BCUT2D eigenvalue weighted by Gasteiger charge is 2.23. The largest absolute Gasteiger partial charge is 0.277 e. The maximum atomic E-state index is 11.9. The molecule has 0 aliphatic carbocycles. The van der Waals surface area contributed by atoms with Crippen LogP contribution in [-0.4, -0.2) is 26.8 Å². The molecule has 0 saturated heterocycles. The Bertz CT molecular complexity index is 1630. The minimum absolute atomic E-state index is 0.0468. The summed E-state index contributed by atoms with van der Waals surface area (Å²) in [5.41, 5.74) is 15.2. The zero-order chi connectivity index (χ0) is 33.2. The van der Waals surface area contributed by atoms with Gasteiger partial charge < -0.3 is 0 Å². The molecule has 238 valence electrons. The van der Waals surface area contributed by atoms with Crippen LogP contribution in [0.25, 0.3) is 22.3 Å². The molecule has 0 aliphatic rings. The third kappa shape index (κ3) is 10.7. The summed E-state index contributed by atoms with van der Waals surface area (Å²) in [5.74, 6) is 0. The van der Waals surface area contributed by atoms with Gasteiger partial charge in [0.25, 0.3) is 0 Å². The fourth-order valence-electron chi connectivity index (χ4n) is 4.54. The summed E-state index contributed by atoms with van der Waals surface area (Å²) in [6.45, 7) is 16.8. The lowest BCUT2D eigenvalue weighted by Crippen LogP contribution is -2.25. The van der Waals surface area contributed by atoms with E-state index in [0.717, 1.165) is 27.5 Å². The summed E-state index contributed by atoms with van der Waals surface area (Å²) >= 11 is 1.69. The first-order valence-corrected chi connectivity index (χ1v) is 17.9. The van der Waals surface area contributed by atoms with Crippen LogP contribution in [0, 0.1) is 24.7 Å². The number of anilines is 2. The molecule has 0 radical (unpaired) electrons. The smallest absolute Gasteiger partial charge is 0.129 e. The molecule has 1 unspecified atom stereocenters. The van der Waals surface area contributed by atoms with Gasteiger partial charge in [0.15, 0.2) is 0 Å². The number of hydrazone groups is 2. The van der Waals surface area contributed by atoms with Crippen LogP contribution in [0.5, 0.6) is 0 Å². The van der Waals surface area contributed by atoms with E-state index in [1.54, 1.807) is 18.0 Å². The van der Waals surface area contributed by atoms with Crippen molar-refractivity contribution in [1.82, 2.24) is 0 Å². The van der Waals surface area contributed by atoms with Crippen molar-refractivity contribution in [3.63, 3.8) is 0 Å². The Hall–Kier alpha value is -3.68. The molecule has 0 fully saturated rings. The standard InChI is InChI=1S/C19H24N2OS.C19H24N2S/c1-14-10-12-15(13-11-14)16-8-6-7-9-17(16)20-21-18(23(5)22)19(2,3)4;1-14-10-12-15(13-11-14)16-8-6-7-9-17(16)20-21-18(22-5)19(2,3)4/h6-13,20H,1-5H3;6-13,20H,1-5H3/b2*21-18-. The topological polar surface area (TPSA) is 65.8 Å². The highest BCUT2D eigenvalue weighted by atomic mass is 32.2. The Balaban J connectivity index is 0.000000246. The van der Waals surface area contributed by atoms with Gasteiger partial charge >= 0.3 is 0 Å². The van der Waals surface area contributed by atoms with Gasteiger partial charge in [-0.25, -0.2) is 0 Å². The van der Waals surface area contributed by atoms with Gasteiger partial charge in [-0.2, -0.15) is 10.2 Å². The van der Waals surface area contributed by atoms with E-state index >= 15 is 0 Å². The number of hydrogen-bond acceptors (Lipinski definition) is 6. The van der Waals surface area contributed by atoms with Crippen molar-refractivity contribution in [3.05, 3.63) is 108 Å². The van der Waals surface area contributed by atoms with E-state index < -0.39 is 10.8 Å². The summed E-state index contributed by atoms with van der Waals surface area (Å²) in [4.78, 5) is 0. The average Bonchev–Trinajstić information content (AvgIpc) is 2.98. The van der Waals surface area contributed by atoms with E-state index in [0.29, 0.717) is 5.04 Å². The zero-order valence-electron chi connectivity index (χ0n) is 28.4. The molecule has 0 aromatic heterocycles. The van der Waals surface area contributed by atoms with Crippen molar-refractivity contribution in [3.8, 4) is 22.3 Å². The monoisotopic (exact) mass is 640 g/mol. The SMILES string of the molecule is CS/C(=N\Nc1ccccc1-c1ccc(C)cc1)C(C)(C)C.Cc1ccc(-c2ccccc2N/N=C(\S(C)=O)C(C)(C)C)cc1. The van der Waals surface area contributed by atoms with E-state index in [1.807, 2.05) is 45.0 Å². The van der Waals surface area contributed by atoms with Gasteiger partial charge in [0, 0.05) is 28.2 Å². The Morgan fingerprint density at radius 1 is 0.622 bits per heavy atom. The molecule has 0 saturated carbocycles. The van der Waals surface area contributed by atoms with Crippen molar-refractivity contribution in [2.24, 2.45) is 21.0 Å². The fraction of sp³-hybridized carbons (Fsp3) is 0.316. The second kappa shape index (κ2) is 16.1. The Kier molecular flexibility index (Phi) is 12.8. The van der Waals surface area contributed by atoms with Crippen LogP contribution in [0.15, 0.2) is 107 Å². The highest BCUT2D eigenvalue weighted by molar-refractivity contribution is 8.13. The molecule has 5 nitrogen and oxygen atoms in total. The summed E-state index contributed by atoms with van der Waals surface area (Å²) in [5, 5.41) is 10.8. The Morgan fingerprint density at radius 2 is 1.02 bits per heavy atom. The third-order valence-corrected chi connectivity index (χ3v) is 9.22. The van der Waals surface area contributed by atoms with Crippen LogP contribution in [0.2, 0.25) is 0 Å². The molecule has 2 N–H and O–H groups in total. The van der Waals surface area contributed by atoms with E-state index in [-0.39, 0.29) is 10.8 Å². The maximum absolute atomic E-state index is 11.9. The first kappa shape index (κ1) is 35.8. The van der Waals surface area contributed by atoms with Gasteiger partial charge in [0.05, 0.1) is 27.2 Å². The number of para-hydroxylation sites is 2. The van der Waals surface area contributed by atoms with Crippen LogP contribution >= 0.6 is 11.8 Å². The number of hydrogen-bond donors (Lipinski definition) is 2. The zero-order valence-corrected chi connectivity index (χ0v) is 30.0. The minimum atomic E-state index is -1.11. The lowest BCUT2D eigenvalue weighted by atomic mass is 9.99. The van der Waals surface area contributed by atoms with Gasteiger partial charge in [-0.3, -0.25) is 15.1 Å². The molecule has 0 spiro atoms. The van der Waals surface area contributed by atoms with Crippen molar-refractivity contribution in [2.75, 3.05) is 23.4 Å². The molecule has 0 aliphatic heterocycles. The maximum Gasteiger partial charge on any atom is 0.129 e. The molecule has 4 rings (SSSR count). The van der Waals surface area contributed by atoms with Gasteiger partial charge in [0.1, 0.15) is 5.04 Å². The summed E-state index contributed by atoms with van der Waals surface area (Å²) in [6.07, 6.45) is 3.73. The Labute approximate surface area is 277 Å². The van der Waals surface area contributed by atoms with Crippen molar-refractivity contribution >= 4 is 44.0 Å². The molecule has 4 aromatic carbocycles. The number of rotatable bonds is 6. The molecule has 45 heavy (non-hydrogen) atoms. The first-order chi connectivity index (χ1) is 21.2. The van der Waals surface area contributed by atoms with Crippen molar-refractivity contribution < 1.29 is 4.21 Å². The predicted molar refractivity (Wildman–Crippen MR) is 202 cm³/mol. The van der Waals surface area contributed by atoms with E-state index in [2.05, 4.69) is 135 Å². The van der Waals surface area contributed by atoms with Crippen molar-refractivity contribution in [1.29, 1.82) is 0 Å². The lowest BCUT2D eigenvalue weighted by molar-refractivity contribution is 0.596. The molecule has 4 aromatic rings. The molecule has 1 atom stereocenters. The first-order valence-electron chi connectivity index (χ1n) is 15.1. The van der Waals surface area contributed by atoms with E-state index in [9.17, 15) is 4.21 Å².